The quantitative estimate of drug-likeness (QED) is 0.833. The molecule has 1 aliphatic rings. The zero-order chi connectivity index (χ0) is 18.9. The molecule has 2 aromatic rings. The maximum Gasteiger partial charge on any atom is 0.237 e. The molecule has 8 heteroatoms. The van der Waals surface area contributed by atoms with Gasteiger partial charge in [-0.15, -0.1) is 0 Å². The Morgan fingerprint density at radius 1 is 1.12 bits per heavy atom. The molecule has 0 amide bonds. The summed E-state index contributed by atoms with van der Waals surface area (Å²) in [6.07, 6.45) is 0. The second-order valence-electron chi connectivity index (χ2n) is 5.93. The summed E-state index contributed by atoms with van der Waals surface area (Å²) in [6, 6.07) is 12.7. The smallest absolute Gasteiger partial charge is 0.237 e. The molecule has 0 saturated carbocycles. The van der Waals surface area contributed by atoms with Crippen LogP contribution in [0.15, 0.2) is 58.6 Å². The van der Waals surface area contributed by atoms with Crippen LogP contribution in [0.4, 0.5) is 5.69 Å². The van der Waals surface area contributed by atoms with Crippen molar-refractivity contribution in [2.24, 2.45) is 4.99 Å². The summed E-state index contributed by atoms with van der Waals surface area (Å²) in [5.41, 5.74) is 3.36. The minimum absolute atomic E-state index is 0.167. The number of hydrogen-bond acceptors (Lipinski definition) is 4. The van der Waals surface area contributed by atoms with Crippen LogP contribution in [0.1, 0.15) is 11.1 Å². The van der Waals surface area contributed by atoms with Gasteiger partial charge in [-0.2, -0.15) is 0 Å². The highest BCUT2D eigenvalue weighted by Gasteiger charge is 2.20. The number of sulfonamides is 1. The number of nitrogens with zero attached hydrogens (tertiary/aromatic N) is 2. The molecule has 0 fully saturated rings. The van der Waals surface area contributed by atoms with E-state index >= 15 is 0 Å². The van der Waals surface area contributed by atoms with Crippen molar-refractivity contribution in [1.82, 2.24) is 4.31 Å². The van der Waals surface area contributed by atoms with Crippen LogP contribution in [0.25, 0.3) is 0 Å². The maximum atomic E-state index is 12.2. The highest BCUT2D eigenvalue weighted by molar-refractivity contribution is 7.92. The van der Waals surface area contributed by atoms with Gasteiger partial charge < -0.3 is 5.32 Å². The molecular formula is C18H17Cl2N3O2S. The molecule has 0 spiro atoms. The number of benzene rings is 2. The SMILES string of the molecule is CN(C)S(=O)(=O)/C=C1/CN=C(c2ccccc2Cl)c2cc(Cl)ccc2N1. The van der Waals surface area contributed by atoms with Crippen molar-refractivity contribution in [3.8, 4) is 0 Å². The number of halogens is 2. The minimum Gasteiger partial charge on any atom is -0.356 e. The second kappa shape index (κ2) is 7.40. The fourth-order valence-electron chi connectivity index (χ4n) is 2.52. The van der Waals surface area contributed by atoms with E-state index < -0.39 is 10.0 Å². The van der Waals surface area contributed by atoms with Crippen LogP contribution in [0, 0.1) is 0 Å². The summed E-state index contributed by atoms with van der Waals surface area (Å²) >= 11 is 12.5. The molecule has 0 radical (unpaired) electrons. The van der Waals surface area contributed by atoms with Crippen LogP contribution >= 0.6 is 23.2 Å². The lowest BCUT2D eigenvalue weighted by atomic mass is 10.0. The molecule has 1 aliphatic heterocycles. The van der Waals surface area contributed by atoms with Crippen molar-refractivity contribution in [3.05, 3.63) is 74.7 Å². The van der Waals surface area contributed by atoms with Crippen molar-refractivity contribution >= 4 is 44.6 Å². The molecular weight excluding hydrogens is 393 g/mol. The fourth-order valence-corrected chi connectivity index (χ4v) is 3.62. The molecule has 0 aromatic heterocycles. The zero-order valence-corrected chi connectivity index (χ0v) is 16.5. The predicted molar refractivity (Wildman–Crippen MR) is 108 cm³/mol. The van der Waals surface area contributed by atoms with Gasteiger partial charge in [-0.25, -0.2) is 12.7 Å². The highest BCUT2D eigenvalue weighted by atomic mass is 35.5. The first-order chi connectivity index (χ1) is 12.3. The van der Waals surface area contributed by atoms with E-state index in [0.29, 0.717) is 27.1 Å². The van der Waals surface area contributed by atoms with Gasteiger partial charge in [-0.1, -0.05) is 41.4 Å². The van der Waals surface area contributed by atoms with Crippen LogP contribution in [-0.2, 0) is 10.0 Å². The summed E-state index contributed by atoms with van der Waals surface area (Å²) in [5, 5.41) is 5.46. The van der Waals surface area contributed by atoms with Crippen molar-refractivity contribution in [2.75, 3.05) is 26.0 Å². The number of anilines is 1. The lowest BCUT2D eigenvalue weighted by molar-refractivity contribution is 0.530. The molecule has 3 rings (SSSR count). The Bertz CT molecular complexity index is 1010. The van der Waals surface area contributed by atoms with E-state index in [4.69, 9.17) is 23.2 Å². The standard InChI is InChI=1S/C18H17Cl2N3O2S/c1-23(2)26(24,25)11-13-10-21-18(14-5-3-4-6-16(14)20)15-9-12(19)7-8-17(15)22-13/h3-9,11,22H,10H2,1-2H3/b13-11-. The fraction of sp³-hybridized carbons (Fsp3) is 0.167. The van der Waals surface area contributed by atoms with Crippen molar-refractivity contribution in [3.63, 3.8) is 0 Å². The summed E-state index contributed by atoms with van der Waals surface area (Å²) in [4.78, 5) is 4.62. The Morgan fingerprint density at radius 3 is 2.54 bits per heavy atom. The lowest BCUT2D eigenvalue weighted by Gasteiger charge is -2.13. The predicted octanol–water partition coefficient (Wildman–Crippen LogP) is 3.99. The largest absolute Gasteiger partial charge is 0.356 e. The van der Waals surface area contributed by atoms with E-state index in [1.54, 1.807) is 24.3 Å². The van der Waals surface area contributed by atoms with Gasteiger partial charge in [0.05, 0.1) is 17.7 Å². The molecule has 0 aliphatic carbocycles. The number of fused-ring (bicyclic) bond motifs is 1. The highest BCUT2D eigenvalue weighted by Crippen LogP contribution is 2.30. The Morgan fingerprint density at radius 2 is 1.85 bits per heavy atom. The molecule has 0 bridgehead atoms. The second-order valence-corrected chi connectivity index (χ2v) is 8.77. The monoisotopic (exact) mass is 409 g/mol. The average molecular weight is 410 g/mol. The molecule has 1 heterocycles. The van der Waals surface area contributed by atoms with Crippen molar-refractivity contribution in [2.45, 2.75) is 0 Å². The molecule has 0 unspecified atom stereocenters. The van der Waals surface area contributed by atoms with E-state index in [0.717, 1.165) is 15.4 Å². The number of benzodiazepines with no additional fused rings is 1. The number of rotatable bonds is 3. The van der Waals surface area contributed by atoms with Gasteiger partial charge in [0.25, 0.3) is 0 Å². The van der Waals surface area contributed by atoms with Crippen LogP contribution < -0.4 is 5.32 Å². The number of aliphatic imine (C=N–C) groups is 1. The Hall–Kier alpha value is -1.86. The lowest BCUT2D eigenvalue weighted by Crippen LogP contribution is -2.21. The van der Waals surface area contributed by atoms with Crippen molar-refractivity contribution < 1.29 is 8.42 Å². The Labute approximate surface area is 163 Å². The topological polar surface area (TPSA) is 61.8 Å². The van der Waals surface area contributed by atoms with Gasteiger partial charge in [0, 0.05) is 46.7 Å². The molecule has 0 saturated heterocycles. The summed E-state index contributed by atoms with van der Waals surface area (Å²) < 4.78 is 25.5. The summed E-state index contributed by atoms with van der Waals surface area (Å²) in [6.45, 7) is 0.167. The summed E-state index contributed by atoms with van der Waals surface area (Å²) in [7, 11) is -0.565. The van der Waals surface area contributed by atoms with E-state index in [1.165, 1.54) is 19.5 Å². The molecule has 136 valence electrons. The molecule has 5 nitrogen and oxygen atoms in total. The van der Waals surface area contributed by atoms with Crippen LogP contribution in [0.3, 0.4) is 0 Å². The Balaban J connectivity index is 2.17. The third kappa shape index (κ3) is 3.94. The zero-order valence-electron chi connectivity index (χ0n) is 14.2. The van der Waals surface area contributed by atoms with Crippen LogP contribution in [-0.4, -0.2) is 39.1 Å². The third-order valence-corrected chi connectivity index (χ3v) is 6.03. The third-order valence-electron chi connectivity index (χ3n) is 3.87. The van der Waals surface area contributed by atoms with Crippen LogP contribution in [0.2, 0.25) is 10.0 Å². The molecule has 1 N–H and O–H groups in total. The van der Waals surface area contributed by atoms with Gasteiger partial charge in [0.15, 0.2) is 0 Å². The minimum atomic E-state index is -3.53. The van der Waals surface area contributed by atoms with Gasteiger partial charge >= 0.3 is 0 Å². The van der Waals surface area contributed by atoms with Gasteiger partial charge in [0.1, 0.15) is 0 Å². The maximum absolute atomic E-state index is 12.2. The number of nitrogens with one attached hydrogen (secondary N) is 1. The first-order valence-corrected chi connectivity index (χ1v) is 10.0. The number of hydrogen-bond donors (Lipinski definition) is 1. The van der Waals surface area contributed by atoms with E-state index in [1.807, 2.05) is 18.2 Å². The van der Waals surface area contributed by atoms with Crippen molar-refractivity contribution in [1.29, 1.82) is 0 Å². The van der Waals surface area contributed by atoms with E-state index in [-0.39, 0.29) is 6.54 Å². The van der Waals surface area contributed by atoms with Crippen LogP contribution in [0.5, 0.6) is 0 Å². The first kappa shape index (κ1) is 18.9. The molecule has 0 atom stereocenters. The first-order valence-electron chi connectivity index (χ1n) is 7.77. The summed E-state index contributed by atoms with van der Waals surface area (Å²) in [5.74, 6) is 0. The Kier molecular flexibility index (Phi) is 5.39. The van der Waals surface area contributed by atoms with Gasteiger partial charge in [0.2, 0.25) is 10.0 Å². The normalized spacial score (nSPS) is 16.0. The molecule has 26 heavy (non-hydrogen) atoms. The average Bonchev–Trinajstić information content (AvgIpc) is 2.74. The molecule has 2 aromatic carbocycles. The van der Waals surface area contributed by atoms with E-state index in [2.05, 4.69) is 10.3 Å². The van der Waals surface area contributed by atoms with Gasteiger partial charge in [-0.05, 0) is 24.3 Å². The van der Waals surface area contributed by atoms with E-state index in [9.17, 15) is 8.42 Å². The van der Waals surface area contributed by atoms with Gasteiger partial charge in [-0.3, -0.25) is 4.99 Å².